The van der Waals surface area contributed by atoms with Crippen molar-refractivity contribution in [3.63, 3.8) is 0 Å². The Bertz CT molecular complexity index is 359. The van der Waals surface area contributed by atoms with Crippen LogP contribution in [0.3, 0.4) is 0 Å². The zero-order valence-electron chi connectivity index (χ0n) is 10.1. The van der Waals surface area contributed by atoms with E-state index < -0.39 is 0 Å². The Hall–Kier alpha value is -1.09. The molecule has 2 rings (SSSR count). The first-order valence-electron chi connectivity index (χ1n) is 6.12. The molecule has 1 aromatic heterocycles. The fraction of sp³-hybridized carbons (Fsp3) is 0.615. The molecule has 16 heavy (non-hydrogen) atoms. The van der Waals surface area contributed by atoms with E-state index in [1.165, 1.54) is 12.8 Å². The summed E-state index contributed by atoms with van der Waals surface area (Å²) in [6, 6.07) is 2.10. The number of hydrogen-bond donors (Lipinski definition) is 1. The molecule has 0 spiro atoms. The fourth-order valence-corrected chi connectivity index (χ4v) is 2.24. The van der Waals surface area contributed by atoms with Gasteiger partial charge in [0.25, 0.3) is 0 Å². The smallest absolute Gasteiger partial charge is 0.128 e. The predicted octanol–water partition coefficient (Wildman–Crippen LogP) is 2.43. The average molecular weight is 220 g/mol. The Morgan fingerprint density at radius 3 is 2.69 bits per heavy atom. The van der Waals surface area contributed by atoms with Crippen molar-refractivity contribution >= 4 is 5.82 Å². The Balaban J connectivity index is 2.21. The van der Waals surface area contributed by atoms with Crippen LogP contribution in [0.1, 0.15) is 43.4 Å². The van der Waals surface area contributed by atoms with Crippen molar-refractivity contribution in [1.82, 2.24) is 4.98 Å². The lowest BCUT2D eigenvalue weighted by Crippen LogP contribution is -2.19. The molecule has 0 amide bonds. The maximum Gasteiger partial charge on any atom is 0.128 e. The number of aliphatic hydroxyl groups is 1. The van der Waals surface area contributed by atoms with Crippen LogP contribution < -0.4 is 4.90 Å². The summed E-state index contributed by atoms with van der Waals surface area (Å²) in [6.07, 6.45) is 4.73. The van der Waals surface area contributed by atoms with Crippen LogP contribution in [0.2, 0.25) is 0 Å². The van der Waals surface area contributed by atoms with Crippen LogP contribution in [0, 0.1) is 6.92 Å². The lowest BCUT2D eigenvalue weighted by molar-refractivity contribution is 0.172. The van der Waals surface area contributed by atoms with E-state index in [0.717, 1.165) is 36.5 Å². The Morgan fingerprint density at radius 1 is 1.44 bits per heavy atom. The molecule has 0 saturated carbocycles. The van der Waals surface area contributed by atoms with Crippen LogP contribution in [-0.4, -0.2) is 23.2 Å². The molecule has 1 aromatic rings. The van der Waals surface area contributed by atoms with E-state index in [1.807, 2.05) is 13.1 Å². The minimum absolute atomic E-state index is 0.375. The highest BCUT2D eigenvalue weighted by Crippen LogP contribution is 2.24. The molecule has 3 nitrogen and oxygen atoms in total. The van der Waals surface area contributed by atoms with Crippen LogP contribution in [-0.2, 0) is 0 Å². The highest BCUT2D eigenvalue weighted by molar-refractivity contribution is 5.44. The van der Waals surface area contributed by atoms with Gasteiger partial charge in [0, 0.05) is 24.8 Å². The second-order valence-corrected chi connectivity index (χ2v) is 4.52. The first-order chi connectivity index (χ1) is 7.72. The Labute approximate surface area is 97.1 Å². The van der Waals surface area contributed by atoms with Crippen molar-refractivity contribution in [3.8, 4) is 0 Å². The standard InChI is InChI=1S/C13H20N2O/c1-3-12(16)11-9-14-13(8-10(11)2)15-6-4-5-7-15/h8-9,12,16H,3-7H2,1-2H3. The van der Waals surface area contributed by atoms with E-state index in [9.17, 15) is 5.11 Å². The van der Waals surface area contributed by atoms with Gasteiger partial charge in [0.15, 0.2) is 0 Å². The first kappa shape index (κ1) is 11.4. The van der Waals surface area contributed by atoms with Gasteiger partial charge in [0.05, 0.1) is 6.10 Å². The molecule has 1 saturated heterocycles. The number of aliphatic hydroxyl groups excluding tert-OH is 1. The monoisotopic (exact) mass is 220 g/mol. The number of anilines is 1. The van der Waals surface area contributed by atoms with Crippen molar-refractivity contribution in [2.24, 2.45) is 0 Å². The molecule has 1 fully saturated rings. The van der Waals surface area contributed by atoms with E-state index >= 15 is 0 Å². The third-order valence-corrected chi connectivity index (χ3v) is 3.31. The van der Waals surface area contributed by atoms with Gasteiger partial charge >= 0.3 is 0 Å². The molecule has 1 unspecified atom stereocenters. The van der Waals surface area contributed by atoms with Gasteiger partial charge in [-0.1, -0.05) is 6.92 Å². The van der Waals surface area contributed by atoms with Gasteiger partial charge < -0.3 is 10.0 Å². The van der Waals surface area contributed by atoms with E-state index in [4.69, 9.17) is 0 Å². The molecule has 1 aliphatic rings. The lowest BCUT2D eigenvalue weighted by Gasteiger charge is -2.19. The Morgan fingerprint density at radius 2 is 2.12 bits per heavy atom. The van der Waals surface area contributed by atoms with Gasteiger partial charge in [-0.25, -0.2) is 4.98 Å². The van der Waals surface area contributed by atoms with Crippen LogP contribution in [0.15, 0.2) is 12.3 Å². The SMILES string of the molecule is CCC(O)c1cnc(N2CCCC2)cc1C. The third kappa shape index (κ3) is 2.19. The van der Waals surface area contributed by atoms with E-state index in [2.05, 4.69) is 22.9 Å². The maximum atomic E-state index is 9.81. The molecular weight excluding hydrogens is 200 g/mol. The largest absolute Gasteiger partial charge is 0.388 e. The minimum Gasteiger partial charge on any atom is -0.388 e. The third-order valence-electron chi connectivity index (χ3n) is 3.31. The molecule has 0 bridgehead atoms. The number of nitrogens with zero attached hydrogens (tertiary/aromatic N) is 2. The van der Waals surface area contributed by atoms with E-state index in [-0.39, 0.29) is 6.10 Å². The first-order valence-corrected chi connectivity index (χ1v) is 6.12. The molecule has 88 valence electrons. The number of aromatic nitrogens is 1. The maximum absolute atomic E-state index is 9.81. The van der Waals surface area contributed by atoms with Crippen molar-refractivity contribution in [2.75, 3.05) is 18.0 Å². The zero-order valence-corrected chi connectivity index (χ0v) is 10.1. The summed E-state index contributed by atoms with van der Waals surface area (Å²) in [5, 5.41) is 9.81. The van der Waals surface area contributed by atoms with Crippen LogP contribution in [0.4, 0.5) is 5.82 Å². The van der Waals surface area contributed by atoms with Gasteiger partial charge in [-0.3, -0.25) is 0 Å². The van der Waals surface area contributed by atoms with Crippen molar-refractivity contribution in [2.45, 2.75) is 39.2 Å². The summed E-state index contributed by atoms with van der Waals surface area (Å²) >= 11 is 0. The predicted molar refractivity (Wildman–Crippen MR) is 65.7 cm³/mol. The average Bonchev–Trinajstić information content (AvgIpc) is 2.81. The summed E-state index contributed by atoms with van der Waals surface area (Å²) in [6.45, 7) is 6.26. The molecule has 1 aliphatic heterocycles. The number of rotatable bonds is 3. The topological polar surface area (TPSA) is 36.4 Å². The molecule has 0 aromatic carbocycles. The van der Waals surface area contributed by atoms with Gasteiger partial charge in [-0.15, -0.1) is 0 Å². The molecule has 1 N–H and O–H groups in total. The molecule has 2 heterocycles. The van der Waals surface area contributed by atoms with Crippen molar-refractivity contribution in [1.29, 1.82) is 0 Å². The normalized spacial score (nSPS) is 17.8. The van der Waals surface area contributed by atoms with Crippen molar-refractivity contribution in [3.05, 3.63) is 23.4 Å². The highest BCUT2D eigenvalue weighted by Gasteiger charge is 2.15. The van der Waals surface area contributed by atoms with E-state index in [0.29, 0.717) is 0 Å². The summed E-state index contributed by atoms with van der Waals surface area (Å²) in [5.41, 5.74) is 2.11. The molecule has 3 heteroatoms. The quantitative estimate of drug-likeness (QED) is 0.850. The van der Waals surface area contributed by atoms with Crippen LogP contribution >= 0.6 is 0 Å². The number of hydrogen-bond acceptors (Lipinski definition) is 3. The molecule has 0 aliphatic carbocycles. The summed E-state index contributed by atoms with van der Waals surface area (Å²) in [5.74, 6) is 1.06. The number of aryl methyl sites for hydroxylation is 1. The lowest BCUT2D eigenvalue weighted by atomic mass is 10.0. The fourth-order valence-electron chi connectivity index (χ4n) is 2.24. The van der Waals surface area contributed by atoms with Crippen LogP contribution in [0.5, 0.6) is 0 Å². The van der Waals surface area contributed by atoms with Gasteiger partial charge in [0.2, 0.25) is 0 Å². The van der Waals surface area contributed by atoms with Gasteiger partial charge in [-0.05, 0) is 37.8 Å². The molecule has 1 atom stereocenters. The summed E-state index contributed by atoms with van der Waals surface area (Å²) in [4.78, 5) is 6.77. The number of pyridine rings is 1. The summed E-state index contributed by atoms with van der Waals surface area (Å²) in [7, 11) is 0. The van der Waals surface area contributed by atoms with Gasteiger partial charge in [-0.2, -0.15) is 0 Å². The second-order valence-electron chi connectivity index (χ2n) is 4.52. The van der Waals surface area contributed by atoms with Crippen molar-refractivity contribution < 1.29 is 5.11 Å². The molecular formula is C13H20N2O. The van der Waals surface area contributed by atoms with E-state index in [1.54, 1.807) is 0 Å². The highest BCUT2D eigenvalue weighted by atomic mass is 16.3. The second kappa shape index (κ2) is 4.83. The molecule has 0 radical (unpaired) electrons. The van der Waals surface area contributed by atoms with Gasteiger partial charge in [0.1, 0.15) is 5.82 Å². The minimum atomic E-state index is -0.375. The van der Waals surface area contributed by atoms with Crippen LogP contribution in [0.25, 0.3) is 0 Å². The summed E-state index contributed by atoms with van der Waals surface area (Å²) < 4.78 is 0. The zero-order chi connectivity index (χ0) is 11.5. The Kier molecular flexibility index (Phi) is 3.44.